The molecule has 1 aliphatic rings. The van der Waals surface area contributed by atoms with Gasteiger partial charge in [-0.25, -0.2) is 4.79 Å². The van der Waals surface area contributed by atoms with Crippen LogP contribution < -0.4 is 20.9 Å². The predicted molar refractivity (Wildman–Crippen MR) is 132 cm³/mol. The molecule has 8 heteroatoms. The highest BCUT2D eigenvalue weighted by molar-refractivity contribution is 8.00. The van der Waals surface area contributed by atoms with E-state index in [1.165, 1.54) is 24.4 Å². The van der Waals surface area contributed by atoms with Gasteiger partial charge in [-0.15, -0.1) is 11.8 Å². The fraction of sp³-hybridized carbons (Fsp3) is 0.160. The molecule has 0 saturated heterocycles. The maximum absolute atomic E-state index is 12.9. The summed E-state index contributed by atoms with van der Waals surface area (Å²) in [6.07, 6.45) is 0.864. The van der Waals surface area contributed by atoms with Gasteiger partial charge in [-0.1, -0.05) is 30.3 Å². The van der Waals surface area contributed by atoms with Crippen molar-refractivity contribution >= 4 is 46.7 Å². The smallest absolute Gasteiger partial charge is 0.318 e. The van der Waals surface area contributed by atoms with Gasteiger partial charge in [0.1, 0.15) is 0 Å². The minimum Gasteiger partial charge on any atom is -0.341 e. The molecule has 0 radical (unpaired) electrons. The van der Waals surface area contributed by atoms with Gasteiger partial charge in [-0.3, -0.25) is 9.59 Å². The molecule has 4 amide bonds. The van der Waals surface area contributed by atoms with Crippen molar-refractivity contribution in [3.8, 4) is 0 Å². The Labute approximate surface area is 196 Å². The van der Waals surface area contributed by atoms with Crippen molar-refractivity contribution in [3.05, 3.63) is 83.9 Å². The summed E-state index contributed by atoms with van der Waals surface area (Å²) in [6, 6.07) is 21.7. The highest BCUT2D eigenvalue weighted by atomic mass is 32.2. The summed E-state index contributed by atoms with van der Waals surface area (Å²) in [5.41, 5.74) is 3.89. The molecule has 0 aliphatic carbocycles. The second-order valence-corrected chi connectivity index (χ2v) is 8.46. The molecule has 3 aromatic rings. The number of fused-ring (bicyclic) bond motifs is 1. The molecule has 3 aromatic carbocycles. The number of hydrogen-bond acceptors (Lipinski definition) is 4. The lowest BCUT2D eigenvalue weighted by Gasteiger charge is -2.17. The average Bonchev–Trinajstić information content (AvgIpc) is 3.28. The summed E-state index contributed by atoms with van der Waals surface area (Å²) in [7, 11) is 1.54. The second-order valence-electron chi connectivity index (χ2n) is 7.44. The van der Waals surface area contributed by atoms with Crippen LogP contribution in [0.15, 0.2) is 77.7 Å². The second kappa shape index (κ2) is 10.2. The van der Waals surface area contributed by atoms with Gasteiger partial charge in [0.05, 0.1) is 11.3 Å². The normalized spacial score (nSPS) is 12.1. The number of nitrogens with one attached hydrogen (secondary N) is 3. The molecule has 168 valence electrons. The Hall–Kier alpha value is -3.78. The first-order chi connectivity index (χ1) is 16.0. The topological polar surface area (TPSA) is 90.5 Å². The Morgan fingerprint density at radius 2 is 1.55 bits per heavy atom. The quantitative estimate of drug-likeness (QED) is 0.477. The van der Waals surface area contributed by atoms with Crippen molar-refractivity contribution in [2.24, 2.45) is 0 Å². The van der Waals surface area contributed by atoms with Crippen molar-refractivity contribution < 1.29 is 14.4 Å². The van der Waals surface area contributed by atoms with Gasteiger partial charge in [0.25, 0.3) is 5.91 Å². The molecule has 0 atom stereocenters. The van der Waals surface area contributed by atoms with E-state index in [2.05, 4.69) is 22.0 Å². The SMILES string of the molecule is CNC(=O)Nc1ccc(NC(=O)c2ccccc2SCC(=O)N2CCc3ccccc32)cc1. The third kappa shape index (κ3) is 5.35. The standard InChI is InChI=1S/C25H24N4O3S/c1-26-25(32)28-19-12-10-18(11-13-19)27-24(31)20-7-3-5-9-22(20)33-16-23(30)29-15-14-17-6-2-4-8-21(17)29/h2-13H,14-16H2,1H3,(H,27,31)(H2,26,28,32). The number of carbonyl (C=O) groups is 3. The zero-order valence-corrected chi connectivity index (χ0v) is 18.9. The summed E-state index contributed by atoms with van der Waals surface area (Å²) >= 11 is 1.36. The molecule has 0 aromatic heterocycles. The number of benzene rings is 3. The summed E-state index contributed by atoms with van der Waals surface area (Å²) in [6.45, 7) is 0.686. The largest absolute Gasteiger partial charge is 0.341 e. The number of para-hydroxylation sites is 1. The Balaban J connectivity index is 1.39. The van der Waals surface area contributed by atoms with Crippen LogP contribution in [-0.4, -0.2) is 37.2 Å². The van der Waals surface area contributed by atoms with Crippen molar-refractivity contribution in [2.45, 2.75) is 11.3 Å². The van der Waals surface area contributed by atoms with E-state index in [4.69, 9.17) is 0 Å². The number of amides is 4. The predicted octanol–water partition coefficient (Wildman–Crippen LogP) is 4.37. The number of carbonyl (C=O) groups excluding carboxylic acids is 3. The van der Waals surface area contributed by atoms with Crippen LogP contribution in [0.5, 0.6) is 0 Å². The van der Waals surface area contributed by atoms with Gasteiger partial charge >= 0.3 is 6.03 Å². The van der Waals surface area contributed by atoms with Crippen LogP contribution in [0.25, 0.3) is 0 Å². The average molecular weight is 461 g/mol. The van der Waals surface area contributed by atoms with Crippen LogP contribution in [0.1, 0.15) is 15.9 Å². The summed E-state index contributed by atoms with van der Waals surface area (Å²) in [4.78, 5) is 39.7. The van der Waals surface area contributed by atoms with Crippen LogP contribution >= 0.6 is 11.8 Å². The van der Waals surface area contributed by atoms with E-state index in [9.17, 15) is 14.4 Å². The zero-order chi connectivity index (χ0) is 23.2. The fourth-order valence-electron chi connectivity index (χ4n) is 3.62. The molecule has 0 spiro atoms. The number of anilines is 3. The van der Waals surface area contributed by atoms with E-state index in [1.54, 1.807) is 36.4 Å². The van der Waals surface area contributed by atoms with Gasteiger partial charge in [-0.05, 0) is 54.4 Å². The Morgan fingerprint density at radius 1 is 0.879 bits per heavy atom. The molecule has 4 rings (SSSR count). The summed E-state index contributed by atoms with van der Waals surface area (Å²) in [5.74, 6) is 0.0156. The van der Waals surface area contributed by atoms with Crippen molar-refractivity contribution in [3.63, 3.8) is 0 Å². The highest BCUT2D eigenvalue weighted by Gasteiger charge is 2.24. The van der Waals surface area contributed by atoms with Gasteiger partial charge in [0.15, 0.2) is 0 Å². The van der Waals surface area contributed by atoms with E-state index in [1.807, 2.05) is 35.2 Å². The van der Waals surface area contributed by atoms with E-state index in [0.29, 0.717) is 23.5 Å². The maximum Gasteiger partial charge on any atom is 0.318 e. The van der Waals surface area contributed by atoms with E-state index in [0.717, 1.165) is 17.0 Å². The first kappa shape index (κ1) is 22.4. The van der Waals surface area contributed by atoms with Gasteiger partial charge in [0.2, 0.25) is 5.91 Å². The van der Waals surface area contributed by atoms with Crippen LogP contribution in [0.3, 0.4) is 0 Å². The molecule has 0 bridgehead atoms. The Kier molecular flexibility index (Phi) is 6.95. The van der Waals surface area contributed by atoms with Crippen LogP contribution in [0.4, 0.5) is 21.9 Å². The summed E-state index contributed by atoms with van der Waals surface area (Å²) < 4.78 is 0. The number of rotatable bonds is 6. The lowest BCUT2D eigenvalue weighted by atomic mass is 10.2. The molecule has 0 unspecified atom stereocenters. The van der Waals surface area contributed by atoms with Crippen molar-refractivity contribution in [1.29, 1.82) is 0 Å². The molecular weight excluding hydrogens is 436 g/mol. The molecule has 33 heavy (non-hydrogen) atoms. The van der Waals surface area contributed by atoms with Crippen LogP contribution in [0, 0.1) is 0 Å². The fourth-order valence-corrected chi connectivity index (χ4v) is 4.55. The number of urea groups is 1. The zero-order valence-electron chi connectivity index (χ0n) is 18.1. The maximum atomic E-state index is 12.9. The third-order valence-corrected chi connectivity index (χ3v) is 6.36. The lowest BCUT2D eigenvalue weighted by molar-refractivity contribution is -0.116. The van der Waals surface area contributed by atoms with E-state index < -0.39 is 0 Å². The van der Waals surface area contributed by atoms with Crippen LogP contribution in [-0.2, 0) is 11.2 Å². The van der Waals surface area contributed by atoms with E-state index >= 15 is 0 Å². The minimum atomic E-state index is -0.315. The number of thioether (sulfide) groups is 1. The highest BCUT2D eigenvalue weighted by Crippen LogP contribution is 2.30. The lowest BCUT2D eigenvalue weighted by Crippen LogP contribution is -2.30. The van der Waals surface area contributed by atoms with Crippen molar-refractivity contribution in [2.75, 3.05) is 34.9 Å². The molecular formula is C25H24N4O3S. The van der Waals surface area contributed by atoms with Gasteiger partial charge in [-0.2, -0.15) is 0 Å². The van der Waals surface area contributed by atoms with Crippen LogP contribution in [0.2, 0.25) is 0 Å². The first-order valence-corrected chi connectivity index (χ1v) is 11.5. The van der Waals surface area contributed by atoms with E-state index in [-0.39, 0.29) is 23.6 Å². The number of nitrogens with zero attached hydrogens (tertiary/aromatic N) is 1. The Bertz CT molecular complexity index is 1180. The minimum absolute atomic E-state index is 0.0272. The third-order valence-electron chi connectivity index (χ3n) is 5.30. The van der Waals surface area contributed by atoms with Crippen molar-refractivity contribution in [1.82, 2.24) is 5.32 Å². The molecule has 7 nitrogen and oxygen atoms in total. The van der Waals surface area contributed by atoms with Gasteiger partial charge in [0, 0.05) is 35.6 Å². The van der Waals surface area contributed by atoms with Gasteiger partial charge < -0.3 is 20.9 Å². The molecule has 0 fully saturated rings. The molecule has 0 saturated carbocycles. The molecule has 1 heterocycles. The monoisotopic (exact) mass is 460 g/mol. The number of hydrogen-bond donors (Lipinski definition) is 3. The first-order valence-electron chi connectivity index (χ1n) is 10.6. The molecule has 3 N–H and O–H groups in total. The summed E-state index contributed by atoms with van der Waals surface area (Å²) in [5, 5.41) is 8.02. The molecule has 1 aliphatic heterocycles. The Morgan fingerprint density at radius 3 is 2.30 bits per heavy atom.